The molecule has 4 aromatic rings. The molecule has 0 aliphatic heterocycles. The Hall–Kier alpha value is -3.88. The third-order valence-electron chi connectivity index (χ3n) is 4.90. The molecule has 1 amide bonds. The van der Waals surface area contributed by atoms with Crippen molar-refractivity contribution in [1.29, 1.82) is 0 Å². The van der Waals surface area contributed by atoms with Crippen LogP contribution in [-0.4, -0.2) is 30.8 Å². The Morgan fingerprint density at radius 3 is 2.74 bits per heavy atom. The van der Waals surface area contributed by atoms with Crippen molar-refractivity contribution in [1.82, 2.24) is 30.2 Å². The Morgan fingerprint density at radius 1 is 1.23 bits per heavy atom. The number of nitrogens with one attached hydrogen (secondary N) is 1. The number of aryl methyl sites for hydroxylation is 2. The number of carbonyl (C=O) groups excluding carboxylic acids is 1. The Kier molecular flexibility index (Phi) is 5.83. The maximum absolute atomic E-state index is 13.4. The molecule has 0 aliphatic carbocycles. The summed E-state index contributed by atoms with van der Waals surface area (Å²) in [6.07, 6.45) is 3.63. The highest BCUT2D eigenvalue weighted by Crippen LogP contribution is 2.20. The van der Waals surface area contributed by atoms with E-state index in [2.05, 4.69) is 25.5 Å². The van der Waals surface area contributed by atoms with Gasteiger partial charge in [-0.25, -0.2) is 14.1 Å². The maximum Gasteiger partial charge on any atom is 0.227 e. The largest absolute Gasteiger partial charge is 0.350 e. The second-order valence-corrected chi connectivity index (χ2v) is 7.20. The van der Waals surface area contributed by atoms with Gasteiger partial charge in [0.25, 0.3) is 0 Å². The highest BCUT2D eigenvalue weighted by molar-refractivity contribution is 5.76. The molecule has 2 aromatic carbocycles. The third-order valence-corrected chi connectivity index (χ3v) is 4.90. The number of amides is 1. The molecular formula is C22H21FN6O2. The van der Waals surface area contributed by atoms with Gasteiger partial charge in [-0.15, -0.1) is 0 Å². The van der Waals surface area contributed by atoms with Crippen LogP contribution in [0.1, 0.15) is 36.4 Å². The van der Waals surface area contributed by atoms with E-state index in [0.717, 1.165) is 11.3 Å². The fraction of sp³-hybridized carbons (Fsp3) is 0.227. The van der Waals surface area contributed by atoms with Crippen LogP contribution in [0.3, 0.4) is 0 Å². The van der Waals surface area contributed by atoms with E-state index in [1.807, 2.05) is 31.2 Å². The molecule has 9 heteroatoms. The molecule has 4 rings (SSSR count). The normalized spacial score (nSPS) is 12.0. The number of hydrogen-bond acceptors (Lipinski definition) is 6. The third kappa shape index (κ3) is 4.82. The number of benzene rings is 2. The Bertz CT molecular complexity index is 1170. The second kappa shape index (κ2) is 8.86. The maximum atomic E-state index is 13.4. The Labute approximate surface area is 178 Å². The van der Waals surface area contributed by atoms with E-state index in [0.29, 0.717) is 29.3 Å². The zero-order valence-corrected chi connectivity index (χ0v) is 17.1. The second-order valence-electron chi connectivity index (χ2n) is 7.20. The van der Waals surface area contributed by atoms with Gasteiger partial charge in [0.05, 0.1) is 11.7 Å². The van der Waals surface area contributed by atoms with Gasteiger partial charge in [0.1, 0.15) is 18.5 Å². The summed E-state index contributed by atoms with van der Waals surface area (Å²) in [6, 6.07) is 12.2. The smallest absolute Gasteiger partial charge is 0.227 e. The molecule has 1 atom stereocenters. The minimum atomic E-state index is -0.286. The number of halogens is 1. The highest BCUT2D eigenvalue weighted by Gasteiger charge is 2.14. The molecule has 0 spiro atoms. The fourth-order valence-corrected chi connectivity index (χ4v) is 3.13. The van der Waals surface area contributed by atoms with Crippen molar-refractivity contribution in [2.24, 2.45) is 0 Å². The molecule has 2 aromatic heterocycles. The van der Waals surface area contributed by atoms with Gasteiger partial charge in [-0.05, 0) is 55.3 Å². The van der Waals surface area contributed by atoms with Crippen LogP contribution in [0.25, 0.3) is 17.1 Å². The summed E-state index contributed by atoms with van der Waals surface area (Å²) in [5.74, 6) is 0.327. The van der Waals surface area contributed by atoms with Crippen molar-refractivity contribution in [3.63, 3.8) is 0 Å². The lowest BCUT2D eigenvalue weighted by atomic mass is 10.1. The van der Waals surface area contributed by atoms with Crippen molar-refractivity contribution in [3.05, 3.63) is 78.0 Å². The van der Waals surface area contributed by atoms with Crippen LogP contribution in [0, 0.1) is 12.7 Å². The minimum absolute atomic E-state index is 0.120. The molecule has 0 saturated heterocycles. The lowest BCUT2D eigenvalue weighted by Gasteiger charge is -2.14. The summed E-state index contributed by atoms with van der Waals surface area (Å²) in [5, 5.41) is 11.0. The van der Waals surface area contributed by atoms with Crippen LogP contribution < -0.4 is 5.32 Å². The van der Waals surface area contributed by atoms with Crippen LogP contribution in [0.15, 0.2) is 59.6 Å². The topological polar surface area (TPSA) is 98.7 Å². The van der Waals surface area contributed by atoms with Crippen molar-refractivity contribution < 1.29 is 13.7 Å². The van der Waals surface area contributed by atoms with E-state index in [1.54, 1.807) is 30.1 Å². The van der Waals surface area contributed by atoms with E-state index in [9.17, 15) is 9.18 Å². The first kappa shape index (κ1) is 20.4. The fourth-order valence-electron chi connectivity index (χ4n) is 3.13. The van der Waals surface area contributed by atoms with Gasteiger partial charge in [0, 0.05) is 18.4 Å². The minimum Gasteiger partial charge on any atom is -0.350 e. The monoisotopic (exact) mass is 420 g/mol. The molecule has 0 bridgehead atoms. The molecule has 0 saturated carbocycles. The molecule has 1 N–H and O–H groups in total. The number of carbonyl (C=O) groups is 1. The number of hydrogen-bond donors (Lipinski definition) is 1. The van der Waals surface area contributed by atoms with Gasteiger partial charge < -0.3 is 9.84 Å². The summed E-state index contributed by atoms with van der Waals surface area (Å²) in [4.78, 5) is 20.6. The zero-order chi connectivity index (χ0) is 21.8. The molecule has 2 heterocycles. The first-order valence-corrected chi connectivity index (χ1v) is 9.83. The number of nitrogens with zero attached hydrogens (tertiary/aromatic N) is 5. The average molecular weight is 420 g/mol. The predicted molar refractivity (Wildman–Crippen MR) is 111 cm³/mol. The zero-order valence-electron chi connectivity index (χ0n) is 17.1. The SMILES string of the molecule is Cc1cc(-c2noc(CCC(=O)NC(C)c3ccc(-n4cncn4)cc3)n2)ccc1F. The first-order valence-electron chi connectivity index (χ1n) is 9.83. The van der Waals surface area contributed by atoms with Gasteiger partial charge in [0.2, 0.25) is 17.6 Å². The van der Waals surface area contributed by atoms with Crippen LogP contribution in [0.2, 0.25) is 0 Å². The summed E-state index contributed by atoms with van der Waals surface area (Å²) in [6.45, 7) is 3.59. The molecule has 8 nitrogen and oxygen atoms in total. The van der Waals surface area contributed by atoms with E-state index in [1.165, 1.54) is 12.4 Å². The average Bonchev–Trinajstić information content (AvgIpc) is 3.47. The van der Waals surface area contributed by atoms with E-state index in [4.69, 9.17) is 4.52 Å². The summed E-state index contributed by atoms with van der Waals surface area (Å²) in [7, 11) is 0. The van der Waals surface area contributed by atoms with Crippen LogP contribution in [-0.2, 0) is 11.2 Å². The molecule has 31 heavy (non-hydrogen) atoms. The molecular weight excluding hydrogens is 399 g/mol. The van der Waals surface area contributed by atoms with Crippen LogP contribution >= 0.6 is 0 Å². The van der Waals surface area contributed by atoms with Gasteiger partial charge >= 0.3 is 0 Å². The van der Waals surface area contributed by atoms with Crippen molar-refractivity contribution in [3.8, 4) is 17.1 Å². The van der Waals surface area contributed by atoms with Gasteiger partial charge in [-0.3, -0.25) is 4.79 Å². The molecule has 0 radical (unpaired) electrons. The summed E-state index contributed by atoms with van der Waals surface area (Å²) < 4.78 is 20.3. The van der Waals surface area contributed by atoms with Crippen LogP contribution in [0.5, 0.6) is 0 Å². The summed E-state index contributed by atoms with van der Waals surface area (Å²) in [5.41, 5.74) is 3.04. The van der Waals surface area contributed by atoms with Gasteiger partial charge in [-0.1, -0.05) is 17.3 Å². The van der Waals surface area contributed by atoms with Gasteiger partial charge in [0.15, 0.2) is 0 Å². The van der Waals surface area contributed by atoms with Crippen molar-refractivity contribution >= 4 is 5.91 Å². The molecule has 0 fully saturated rings. The lowest BCUT2D eigenvalue weighted by Crippen LogP contribution is -2.26. The number of aromatic nitrogens is 5. The quantitative estimate of drug-likeness (QED) is 0.491. The van der Waals surface area contributed by atoms with Crippen LogP contribution in [0.4, 0.5) is 4.39 Å². The van der Waals surface area contributed by atoms with Crippen molar-refractivity contribution in [2.75, 3.05) is 0 Å². The summed E-state index contributed by atoms with van der Waals surface area (Å²) >= 11 is 0. The van der Waals surface area contributed by atoms with E-state index in [-0.39, 0.29) is 24.2 Å². The lowest BCUT2D eigenvalue weighted by molar-refractivity contribution is -0.121. The Balaban J connectivity index is 1.31. The van der Waals surface area contributed by atoms with E-state index < -0.39 is 0 Å². The van der Waals surface area contributed by atoms with Gasteiger partial charge in [-0.2, -0.15) is 10.1 Å². The standard InChI is InChI=1S/C22H21FN6O2/c1-14-11-17(5-8-19(14)23)22-27-21(31-28-22)10-9-20(30)26-15(2)16-3-6-18(7-4-16)29-13-24-12-25-29/h3-8,11-13,15H,9-10H2,1-2H3,(H,26,30). The predicted octanol–water partition coefficient (Wildman–Crippen LogP) is 3.57. The molecule has 0 aliphatic rings. The molecule has 1 unspecified atom stereocenters. The van der Waals surface area contributed by atoms with E-state index >= 15 is 0 Å². The number of rotatable bonds is 7. The first-order chi connectivity index (χ1) is 15.0. The molecule has 158 valence electrons. The Morgan fingerprint density at radius 2 is 2.03 bits per heavy atom. The van der Waals surface area contributed by atoms with Crippen molar-refractivity contribution in [2.45, 2.75) is 32.7 Å². The highest BCUT2D eigenvalue weighted by atomic mass is 19.1.